The van der Waals surface area contributed by atoms with Gasteiger partial charge in [0, 0.05) is 10.9 Å². The first-order valence-electron chi connectivity index (χ1n) is 6.70. The van der Waals surface area contributed by atoms with Crippen molar-refractivity contribution in [3.63, 3.8) is 0 Å². The Hall–Kier alpha value is -2.75. The largest absolute Gasteiger partial charge is 0.396 e. The van der Waals surface area contributed by atoms with Crippen LogP contribution in [-0.4, -0.2) is 16.0 Å². The number of aryl methyl sites for hydroxylation is 2. The van der Waals surface area contributed by atoms with Crippen molar-refractivity contribution >= 4 is 22.4 Å². The highest BCUT2D eigenvalue weighted by Gasteiger charge is 2.17. The Morgan fingerprint density at radius 1 is 0.952 bits per heavy atom. The highest BCUT2D eigenvalue weighted by Crippen LogP contribution is 2.24. The lowest BCUT2D eigenvalue weighted by Crippen LogP contribution is -2.10. The van der Waals surface area contributed by atoms with Crippen LogP contribution >= 0.6 is 0 Å². The minimum Gasteiger partial charge on any atom is -0.396 e. The van der Waals surface area contributed by atoms with Gasteiger partial charge in [-0.1, -0.05) is 41.5 Å². The Balaban J connectivity index is 2.14. The molecule has 0 aliphatic heterocycles. The molecule has 3 aromatic rings. The molecule has 0 saturated heterocycles. The average Bonchev–Trinajstić information content (AvgIpc) is 2.48. The van der Waals surface area contributed by atoms with E-state index < -0.39 is 0 Å². The zero-order valence-corrected chi connectivity index (χ0v) is 11.9. The van der Waals surface area contributed by atoms with Gasteiger partial charge in [-0.2, -0.15) is 0 Å². The Bertz CT molecular complexity index is 839. The summed E-state index contributed by atoms with van der Waals surface area (Å²) < 4.78 is 0. The summed E-state index contributed by atoms with van der Waals surface area (Å²) in [5.74, 6) is -0.205. The van der Waals surface area contributed by atoms with E-state index in [9.17, 15) is 4.79 Å². The predicted octanol–water partition coefficient (Wildman–Crippen LogP) is 3.06. The highest BCUT2D eigenvalue weighted by molar-refractivity contribution is 6.13. The van der Waals surface area contributed by atoms with Crippen LogP contribution in [-0.2, 0) is 0 Å². The third-order valence-electron chi connectivity index (χ3n) is 3.48. The van der Waals surface area contributed by atoms with Crippen LogP contribution in [0, 0.1) is 13.8 Å². The number of carbonyl (C=O) groups is 1. The number of aromatic nitrogens is 2. The molecule has 4 heteroatoms. The number of rotatable bonds is 2. The molecule has 0 radical (unpaired) electrons. The maximum Gasteiger partial charge on any atom is 0.215 e. The van der Waals surface area contributed by atoms with Gasteiger partial charge in [0.25, 0.3) is 0 Å². The van der Waals surface area contributed by atoms with Crippen molar-refractivity contribution in [3.05, 3.63) is 64.8 Å². The maximum absolute atomic E-state index is 12.5. The first-order chi connectivity index (χ1) is 10.1. The van der Waals surface area contributed by atoms with E-state index in [0.29, 0.717) is 16.8 Å². The van der Waals surface area contributed by atoms with Gasteiger partial charge in [0.1, 0.15) is 0 Å². The van der Waals surface area contributed by atoms with Crippen LogP contribution in [0.3, 0.4) is 0 Å². The molecule has 104 valence electrons. The lowest BCUT2D eigenvalue weighted by molar-refractivity contribution is 0.103. The van der Waals surface area contributed by atoms with Crippen molar-refractivity contribution in [1.29, 1.82) is 0 Å². The van der Waals surface area contributed by atoms with Gasteiger partial charge in [0.15, 0.2) is 5.69 Å². The Labute approximate surface area is 122 Å². The number of nitrogens with two attached hydrogens (primary N) is 1. The number of fused-ring (bicyclic) bond motifs is 1. The highest BCUT2D eigenvalue weighted by atomic mass is 16.1. The number of ketones is 1. The fourth-order valence-corrected chi connectivity index (χ4v) is 2.25. The number of nitrogens with zero attached hydrogens (tertiary/aromatic N) is 2. The second kappa shape index (κ2) is 4.98. The summed E-state index contributed by atoms with van der Waals surface area (Å²) in [6.45, 7) is 3.95. The van der Waals surface area contributed by atoms with Crippen LogP contribution in [0.1, 0.15) is 27.2 Å². The quantitative estimate of drug-likeness (QED) is 0.731. The first kappa shape index (κ1) is 13.2. The first-order valence-corrected chi connectivity index (χ1v) is 6.70. The van der Waals surface area contributed by atoms with Crippen LogP contribution < -0.4 is 5.73 Å². The summed E-state index contributed by atoms with van der Waals surface area (Å²) in [5.41, 5.74) is 10.1. The lowest BCUT2D eigenvalue weighted by Gasteiger charge is -2.07. The van der Waals surface area contributed by atoms with Gasteiger partial charge in [-0.15, -0.1) is 10.2 Å². The van der Waals surface area contributed by atoms with E-state index in [4.69, 9.17) is 5.73 Å². The van der Waals surface area contributed by atoms with E-state index in [1.807, 2.05) is 44.2 Å². The number of hydrogen-bond acceptors (Lipinski definition) is 4. The fourth-order valence-electron chi connectivity index (χ4n) is 2.25. The van der Waals surface area contributed by atoms with Gasteiger partial charge in [-0.05, 0) is 26.0 Å². The number of carbonyl (C=O) groups excluding carboxylic acids is 1. The SMILES string of the molecule is Cc1ccc(C(=O)c2nnc3ccc(C)cc3c2N)cc1. The van der Waals surface area contributed by atoms with E-state index in [-0.39, 0.29) is 11.5 Å². The van der Waals surface area contributed by atoms with E-state index in [0.717, 1.165) is 16.5 Å². The summed E-state index contributed by atoms with van der Waals surface area (Å²) in [6, 6.07) is 13.1. The van der Waals surface area contributed by atoms with Crippen LogP contribution in [0.2, 0.25) is 0 Å². The van der Waals surface area contributed by atoms with Gasteiger partial charge < -0.3 is 5.73 Å². The monoisotopic (exact) mass is 277 g/mol. The van der Waals surface area contributed by atoms with E-state index in [1.54, 1.807) is 12.1 Å². The van der Waals surface area contributed by atoms with Crippen molar-refractivity contribution in [1.82, 2.24) is 10.2 Å². The van der Waals surface area contributed by atoms with Crippen molar-refractivity contribution in [3.8, 4) is 0 Å². The molecular formula is C17H15N3O. The van der Waals surface area contributed by atoms with E-state index >= 15 is 0 Å². The molecule has 0 amide bonds. The standard InChI is InChI=1S/C17H15N3O/c1-10-3-6-12(7-4-10)17(21)16-15(18)13-9-11(2)5-8-14(13)19-20-16/h3-9H,1-2H3,(H2,18,19). The summed E-state index contributed by atoms with van der Waals surface area (Å²) >= 11 is 0. The van der Waals surface area contributed by atoms with Crippen molar-refractivity contribution in [2.45, 2.75) is 13.8 Å². The van der Waals surface area contributed by atoms with E-state index in [2.05, 4.69) is 10.2 Å². The molecule has 4 nitrogen and oxygen atoms in total. The smallest absolute Gasteiger partial charge is 0.215 e. The van der Waals surface area contributed by atoms with Gasteiger partial charge in [0.2, 0.25) is 5.78 Å². The minimum atomic E-state index is -0.205. The molecule has 0 aliphatic carbocycles. The molecular weight excluding hydrogens is 262 g/mol. The molecule has 0 unspecified atom stereocenters. The molecule has 0 atom stereocenters. The topological polar surface area (TPSA) is 68.9 Å². The molecule has 0 bridgehead atoms. The fraction of sp³-hybridized carbons (Fsp3) is 0.118. The van der Waals surface area contributed by atoms with Gasteiger partial charge >= 0.3 is 0 Å². The predicted molar refractivity (Wildman–Crippen MR) is 83.3 cm³/mol. The third kappa shape index (κ3) is 2.36. The summed E-state index contributed by atoms with van der Waals surface area (Å²) in [5, 5.41) is 8.87. The second-order valence-corrected chi connectivity index (χ2v) is 5.18. The molecule has 0 spiro atoms. The van der Waals surface area contributed by atoms with Crippen LogP contribution in [0.4, 0.5) is 5.69 Å². The van der Waals surface area contributed by atoms with Gasteiger partial charge in [-0.3, -0.25) is 4.79 Å². The molecule has 0 aliphatic rings. The number of benzene rings is 2. The van der Waals surface area contributed by atoms with Gasteiger partial charge in [0.05, 0.1) is 11.2 Å². The summed E-state index contributed by atoms with van der Waals surface area (Å²) in [6.07, 6.45) is 0. The van der Waals surface area contributed by atoms with Crippen molar-refractivity contribution in [2.24, 2.45) is 0 Å². The molecule has 2 aromatic carbocycles. The molecule has 2 N–H and O–H groups in total. The summed E-state index contributed by atoms with van der Waals surface area (Å²) in [4.78, 5) is 12.5. The maximum atomic E-state index is 12.5. The van der Waals surface area contributed by atoms with Crippen molar-refractivity contribution < 1.29 is 4.79 Å². The normalized spacial score (nSPS) is 10.8. The lowest BCUT2D eigenvalue weighted by atomic mass is 10.0. The number of hydrogen-bond donors (Lipinski definition) is 1. The molecule has 1 heterocycles. The van der Waals surface area contributed by atoms with E-state index in [1.165, 1.54) is 0 Å². The molecule has 21 heavy (non-hydrogen) atoms. The molecule has 0 fully saturated rings. The van der Waals surface area contributed by atoms with Crippen LogP contribution in [0.5, 0.6) is 0 Å². The zero-order valence-electron chi connectivity index (χ0n) is 11.9. The Morgan fingerprint density at radius 3 is 2.33 bits per heavy atom. The number of nitrogen functional groups attached to an aromatic ring is 1. The zero-order chi connectivity index (χ0) is 15.0. The van der Waals surface area contributed by atoms with Crippen LogP contribution in [0.15, 0.2) is 42.5 Å². The minimum absolute atomic E-state index is 0.205. The average molecular weight is 277 g/mol. The Kier molecular flexibility index (Phi) is 3.14. The van der Waals surface area contributed by atoms with Gasteiger partial charge in [-0.25, -0.2) is 0 Å². The number of anilines is 1. The van der Waals surface area contributed by atoms with Crippen LogP contribution in [0.25, 0.3) is 10.9 Å². The van der Waals surface area contributed by atoms with Crippen molar-refractivity contribution in [2.75, 3.05) is 5.73 Å². The molecule has 3 rings (SSSR count). The second-order valence-electron chi connectivity index (χ2n) is 5.18. The summed E-state index contributed by atoms with van der Waals surface area (Å²) in [7, 11) is 0. The molecule has 1 aromatic heterocycles. The third-order valence-corrected chi connectivity index (χ3v) is 3.48. The molecule has 0 saturated carbocycles. The Morgan fingerprint density at radius 2 is 1.62 bits per heavy atom.